The summed E-state index contributed by atoms with van der Waals surface area (Å²) in [7, 11) is -2.80. The van der Waals surface area contributed by atoms with Crippen LogP contribution in [0.2, 0.25) is 6.04 Å². The summed E-state index contributed by atoms with van der Waals surface area (Å²) in [5, 5.41) is 3.13. The van der Waals surface area contributed by atoms with Gasteiger partial charge in [0.15, 0.2) is 0 Å². The predicted molar refractivity (Wildman–Crippen MR) is 110 cm³/mol. The van der Waals surface area contributed by atoms with Gasteiger partial charge in [-0.05, 0) is 51.9 Å². The van der Waals surface area contributed by atoms with E-state index >= 15 is 0 Å². The lowest BCUT2D eigenvalue weighted by Crippen LogP contribution is -2.53. The van der Waals surface area contributed by atoms with E-state index in [2.05, 4.69) is 43.1 Å². The summed E-state index contributed by atoms with van der Waals surface area (Å²) in [6, 6.07) is 11.1. The Morgan fingerprint density at radius 3 is 2.38 bits per heavy atom. The highest BCUT2D eigenvalue weighted by atomic mass is 28.4. The Hall–Kier alpha value is -1.18. The molecule has 0 radical (unpaired) electrons. The predicted octanol–water partition coefficient (Wildman–Crippen LogP) is 3.49. The van der Waals surface area contributed by atoms with Gasteiger partial charge in [-0.25, -0.2) is 0 Å². The van der Waals surface area contributed by atoms with Crippen LogP contribution >= 0.6 is 0 Å². The van der Waals surface area contributed by atoms with Crippen molar-refractivity contribution < 1.29 is 13.3 Å². The second kappa shape index (κ2) is 12.2. The molecule has 0 saturated heterocycles. The number of hydrogen-bond donors (Lipinski definition) is 2. The number of rotatable bonds is 15. The molecule has 0 spiro atoms. The van der Waals surface area contributed by atoms with Crippen molar-refractivity contribution in [3.8, 4) is 0 Å². The minimum Gasteiger partial charge on any atom is -0.391 e. The van der Waals surface area contributed by atoms with E-state index in [1.807, 2.05) is 19.9 Å². The van der Waals surface area contributed by atoms with E-state index in [-0.39, 0.29) is 0 Å². The molecule has 148 valence electrons. The third-order valence-corrected chi connectivity index (χ3v) is 7.40. The van der Waals surface area contributed by atoms with Crippen LogP contribution in [-0.2, 0) is 19.7 Å². The van der Waals surface area contributed by atoms with Crippen LogP contribution in [0.4, 0.5) is 0 Å². The quantitative estimate of drug-likeness (QED) is 0.360. The first kappa shape index (κ1) is 22.9. The third-order valence-electron chi connectivity index (χ3n) is 4.17. The topological polar surface area (TPSA) is 65.7 Å². The molecular formula is C20H36N2O3Si. The SMILES string of the molecule is C=CNCCC[Si](OCC)(OCC)OC(C)(CCN)Cc1ccccc1. The first-order valence-electron chi connectivity index (χ1n) is 9.59. The maximum Gasteiger partial charge on any atom is 0.501 e. The fraction of sp³-hybridized carbons (Fsp3) is 0.600. The van der Waals surface area contributed by atoms with E-state index in [4.69, 9.17) is 19.0 Å². The van der Waals surface area contributed by atoms with Gasteiger partial charge in [0.25, 0.3) is 0 Å². The van der Waals surface area contributed by atoms with Gasteiger partial charge in [-0.15, -0.1) is 0 Å². The Labute approximate surface area is 160 Å². The van der Waals surface area contributed by atoms with Gasteiger partial charge in [0, 0.05) is 32.2 Å². The van der Waals surface area contributed by atoms with Gasteiger partial charge in [0.1, 0.15) is 0 Å². The molecular weight excluding hydrogens is 344 g/mol. The second-order valence-electron chi connectivity index (χ2n) is 6.56. The molecule has 1 unspecified atom stereocenters. The molecule has 0 aromatic heterocycles. The fourth-order valence-electron chi connectivity index (χ4n) is 3.13. The fourth-order valence-corrected chi connectivity index (χ4v) is 6.14. The van der Waals surface area contributed by atoms with Crippen LogP contribution in [0.1, 0.15) is 39.2 Å². The zero-order chi connectivity index (χ0) is 19.3. The molecule has 0 bridgehead atoms. The van der Waals surface area contributed by atoms with Gasteiger partial charge in [0.05, 0.1) is 5.60 Å². The van der Waals surface area contributed by atoms with Gasteiger partial charge >= 0.3 is 8.80 Å². The van der Waals surface area contributed by atoms with Crippen LogP contribution in [0.3, 0.4) is 0 Å². The van der Waals surface area contributed by atoms with Crippen LogP contribution in [0.25, 0.3) is 0 Å². The molecule has 0 heterocycles. The van der Waals surface area contributed by atoms with E-state index < -0.39 is 14.4 Å². The second-order valence-corrected chi connectivity index (χ2v) is 9.21. The molecule has 0 fully saturated rings. The Kier molecular flexibility index (Phi) is 10.8. The smallest absolute Gasteiger partial charge is 0.391 e. The van der Waals surface area contributed by atoms with Gasteiger partial charge in [-0.1, -0.05) is 36.9 Å². The lowest BCUT2D eigenvalue weighted by molar-refractivity contribution is -0.0234. The molecule has 0 amide bonds. The minimum atomic E-state index is -2.80. The van der Waals surface area contributed by atoms with Crippen molar-refractivity contribution in [2.45, 2.75) is 51.7 Å². The van der Waals surface area contributed by atoms with Crippen molar-refractivity contribution in [3.63, 3.8) is 0 Å². The average molecular weight is 381 g/mol. The van der Waals surface area contributed by atoms with Gasteiger partial charge in [-0.2, -0.15) is 0 Å². The van der Waals surface area contributed by atoms with Crippen molar-refractivity contribution in [1.29, 1.82) is 0 Å². The summed E-state index contributed by atoms with van der Waals surface area (Å²) in [6.07, 6.45) is 4.15. The van der Waals surface area contributed by atoms with Crippen molar-refractivity contribution >= 4 is 8.80 Å². The Morgan fingerprint density at radius 1 is 1.19 bits per heavy atom. The van der Waals surface area contributed by atoms with Crippen LogP contribution in [0.5, 0.6) is 0 Å². The molecule has 1 rings (SSSR count). The zero-order valence-corrected chi connectivity index (χ0v) is 17.6. The first-order chi connectivity index (χ1) is 12.5. The summed E-state index contributed by atoms with van der Waals surface area (Å²) in [4.78, 5) is 0. The van der Waals surface area contributed by atoms with E-state index in [9.17, 15) is 0 Å². The van der Waals surface area contributed by atoms with Crippen LogP contribution in [0, 0.1) is 0 Å². The zero-order valence-electron chi connectivity index (χ0n) is 16.6. The first-order valence-corrected chi connectivity index (χ1v) is 11.5. The molecule has 0 aliphatic heterocycles. The molecule has 1 aromatic carbocycles. The lowest BCUT2D eigenvalue weighted by Gasteiger charge is -2.39. The molecule has 1 atom stereocenters. The lowest BCUT2D eigenvalue weighted by atomic mass is 9.93. The summed E-state index contributed by atoms with van der Waals surface area (Å²) in [5.41, 5.74) is 6.72. The summed E-state index contributed by atoms with van der Waals surface area (Å²) >= 11 is 0. The van der Waals surface area contributed by atoms with E-state index in [0.717, 1.165) is 31.9 Å². The molecule has 0 saturated carbocycles. The maximum absolute atomic E-state index is 6.69. The minimum absolute atomic E-state index is 0.418. The molecule has 26 heavy (non-hydrogen) atoms. The molecule has 0 aliphatic rings. The summed E-state index contributed by atoms with van der Waals surface area (Å²) < 4.78 is 19.0. The summed E-state index contributed by atoms with van der Waals surface area (Å²) in [6.45, 7) is 12.3. The van der Waals surface area contributed by atoms with Crippen molar-refractivity contribution in [2.24, 2.45) is 5.73 Å². The maximum atomic E-state index is 6.69. The Bertz CT molecular complexity index is 495. The molecule has 5 nitrogen and oxygen atoms in total. The molecule has 0 aliphatic carbocycles. The molecule has 1 aromatic rings. The van der Waals surface area contributed by atoms with E-state index in [1.165, 1.54) is 5.56 Å². The monoisotopic (exact) mass is 380 g/mol. The van der Waals surface area contributed by atoms with Crippen LogP contribution in [-0.4, -0.2) is 40.7 Å². The van der Waals surface area contributed by atoms with Crippen LogP contribution < -0.4 is 11.1 Å². The Morgan fingerprint density at radius 2 is 1.85 bits per heavy atom. The summed E-state index contributed by atoms with van der Waals surface area (Å²) in [5.74, 6) is 0. The largest absolute Gasteiger partial charge is 0.501 e. The number of nitrogens with one attached hydrogen (secondary N) is 1. The average Bonchev–Trinajstić information content (AvgIpc) is 2.60. The normalized spacial score (nSPS) is 14.0. The van der Waals surface area contributed by atoms with Crippen molar-refractivity contribution in [1.82, 2.24) is 5.32 Å². The van der Waals surface area contributed by atoms with Gasteiger partial charge in [0.2, 0.25) is 0 Å². The number of hydrogen-bond acceptors (Lipinski definition) is 5. The van der Waals surface area contributed by atoms with Gasteiger partial charge < -0.3 is 24.3 Å². The third kappa shape index (κ3) is 8.01. The van der Waals surface area contributed by atoms with Gasteiger partial charge in [-0.3, -0.25) is 0 Å². The molecule has 3 N–H and O–H groups in total. The number of nitrogens with two attached hydrogens (primary N) is 1. The highest BCUT2D eigenvalue weighted by molar-refractivity contribution is 6.60. The Balaban J connectivity index is 2.97. The van der Waals surface area contributed by atoms with Crippen molar-refractivity contribution in [3.05, 3.63) is 48.7 Å². The number of benzene rings is 1. The standard InChI is InChI=1S/C20H36N2O3Si/c1-5-22-16-11-17-26(23-6-2,24-7-3)25-20(4,14-15-21)18-19-12-9-8-10-13-19/h5,8-10,12-13,22H,1,6-7,11,14-18,21H2,2-4H3. The highest BCUT2D eigenvalue weighted by Gasteiger charge is 2.46. The molecule has 6 heteroatoms. The van der Waals surface area contributed by atoms with Crippen LogP contribution in [0.15, 0.2) is 43.1 Å². The van der Waals surface area contributed by atoms with E-state index in [1.54, 1.807) is 6.20 Å². The van der Waals surface area contributed by atoms with E-state index in [0.29, 0.717) is 19.8 Å². The highest BCUT2D eigenvalue weighted by Crippen LogP contribution is 2.30. The van der Waals surface area contributed by atoms with Crippen molar-refractivity contribution in [2.75, 3.05) is 26.3 Å².